The maximum Gasteiger partial charge on any atom is 0.254 e. The Morgan fingerprint density at radius 1 is 1.15 bits per heavy atom. The normalized spacial score (nSPS) is 19.7. The van der Waals surface area contributed by atoms with Crippen LogP contribution in [0.15, 0.2) is 42.5 Å². The number of allylic oxidation sites excluding steroid dienone is 1. The number of para-hydroxylation sites is 1. The van der Waals surface area contributed by atoms with Crippen molar-refractivity contribution in [3.63, 3.8) is 0 Å². The molecule has 1 saturated heterocycles. The maximum atomic E-state index is 13.9. The number of rotatable bonds is 5. The van der Waals surface area contributed by atoms with Gasteiger partial charge in [-0.05, 0) is 67.2 Å². The third-order valence-corrected chi connectivity index (χ3v) is 7.06. The summed E-state index contributed by atoms with van der Waals surface area (Å²) in [5.41, 5.74) is 5.89. The van der Waals surface area contributed by atoms with E-state index in [2.05, 4.69) is 13.0 Å². The zero-order valence-electron chi connectivity index (χ0n) is 19.4. The summed E-state index contributed by atoms with van der Waals surface area (Å²) in [6.07, 6.45) is 4.85. The summed E-state index contributed by atoms with van der Waals surface area (Å²) < 4.78 is 16.6. The number of amides is 1. The van der Waals surface area contributed by atoms with E-state index < -0.39 is 0 Å². The first-order chi connectivity index (χ1) is 16.7. The number of hydrogen-bond donors (Lipinski definition) is 0. The highest BCUT2D eigenvalue weighted by Gasteiger charge is 2.30. The maximum absolute atomic E-state index is 13.9. The third-order valence-electron chi connectivity index (χ3n) is 7.06. The number of benzene rings is 2. The van der Waals surface area contributed by atoms with Crippen LogP contribution in [0.25, 0.3) is 22.6 Å². The van der Waals surface area contributed by atoms with E-state index in [-0.39, 0.29) is 12.7 Å². The van der Waals surface area contributed by atoms with Gasteiger partial charge in [0.05, 0.1) is 23.4 Å². The van der Waals surface area contributed by atoms with Gasteiger partial charge in [-0.3, -0.25) is 4.79 Å². The summed E-state index contributed by atoms with van der Waals surface area (Å²) in [5, 5.41) is 0.941. The van der Waals surface area contributed by atoms with E-state index in [1.807, 2.05) is 47.4 Å². The number of ether oxygens (including phenoxy) is 3. The Balaban J connectivity index is 1.42. The zero-order chi connectivity index (χ0) is 23.1. The molecular weight excluding hydrogens is 428 g/mol. The molecule has 1 aliphatic carbocycles. The minimum absolute atomic E-state index is 0.105. The predicted molar refractivity (Wildman–Crippen MR) is 131 cm³/mol. The van der Waals surface area contributed by atoms with E-state index >= 15 is 0 Å². The Bertz CT molecular complexity index is 1290. The Morgan fingerprint density at radius 2 is 2.03 bits per heavy atom. The number of aromatic nitrogens is 1. The van der Waals surface area contributed by atoms with Crippen LogP contribution < -0.4 is 9.47 Å². The molecule has 1 unspecified atom stereocenters. The fraction of sp³-hybridized carbons (Fsp3) is 0.357. The molecule has 6 nitrogen and oxygen atoms in total. The molecule has 6 rings (SSSR count). The first kappa shape index (κ1) is 21.2. The lowest BCUT2D eigenvalue weighted by molar-refractivity contribution is 0.0731. The van der Waals surface area contributed by atoms with Crippen LogP contribution in [-0.4, -0.2) is 48.9 Å². The molecule has 1 amide bonds. The second kappa shape index (κ2) is 8.76. The number of pyridine rings is 1. The lowest BCUT2D eigenvalue weighted by atomic mass is 9.98. The van der Waals surface area contributed by atoms with Crippen molar-refractivity contribution in [1.82, 2.24) is 9.88 Å². The lowest BCUT2D eigenvalue weighted by Gasteiger charge is -2.25. The molecular formula is C28H28N2O4. The Kier molecular flexibility index (Phi) is 5.46. The average molecular weight is 457 g/mol. The molecule has 0 saturated carbocycles. The largest absolute Gasteiger partial charge is 0.454 e. The number of hydrogen-bond acceptors (Lipinski definition) is 5. The first-order valence-electron chi connectivity index (χ1n) is 12.1. The van der Waals surface area contributed by atoms with Crippen LogP contribution >= 0.6 is 0 Å². The highest BCUT2D eigenvalue weighted by Crippen LogP contribution is 2.39. The van der Waals surface area contributed by atoms with Gasteiger partial charge in [-0.15, -0.1) is 0 Å². The molecule has 1 aromatic heterocycles. The van der Waals surface area contributed by atoms with E-state index in [1.54, 1.807) is 0 Å². The van der Waals surface area contributed by atoms with Gasteiger partial charge in [-0.25, -0.2) is 4.98 Å². The molecule has 2 aliphatic heterocycles. The topological polar surface area (TPSA) is 60.9 Å². The number of carbonyl (C=O) groups is 1. The van der Waals surface area contributed by atoms with Gasteiger partial charge in [0.25, 0.3) is 5.91 Å². The molecule has 2 aromatic carbocycles. The zero-order valence-corrected chi connectivity index (χ0v) is 19.4. The molecule has 0 radical (unpaired) electrons. The van der Waals surface area contributed by atoms with Crippen LogP contribution in [0, 0.1) is 5.92 Å². The van der Waals surface area contributed by atoms with Crippen LogP contribution in [-0.2, 0) is 11.2 Å². The van der Waals surface area contributed by atoms with E-state index in [4.69, 9.17) is 19.2 Å². The quantitative estimate of drug-likeness (QED) is 0.544. The van der Waals surface area contributed by atoms with Crippen molar-refractivity contribution in [3.05, 3.63) is 64.8 Å². The van der Waals surface area contributed by atoms with Gasteiger partial charge in [0.2, 0.25) is 6.79 Å². The van der Waals surface area contributed by atoms with Gasteiger partial charge >= 0.3 is 0 Å². The van der Waals surface area contributed by atoms with Crippen molar-refractivity contribution >= 4 is 28.5 Å². The molecule has 3 aromatic rings. The monoisotopic (exact) mass is 456 g/mol. The SMILES string of the molecule is CCN(CC1CCOC1)C(=O)c1c2c(nc3ccccc13)/C(=C/c1ccc3c(c1)OCO3)CC2. The van der Waals surface area contributed by atoms with E-state index in [0.717, 1.165) is 89.4 Å². The fourth-order valence-corrected chi connectivity index (χ4v) is 5.28. The summed E-state index contributed by atoms with van der Waals surface area (Å²) in [4.78, 5) is 20.9. The van der Waals surface area contributed by atoms with Crippen LogP contribution in [0.2, 0.25) is 0 Å². The molecule has 0 bridgehead atoms. The second-order valence-corrected chi connectivity index (χ2v) is 9.19. The van der Waals surface area contributed by atoms with Crippen molar-refractivity contribution in [2.45, 2.75) is 26.2 Å². The number of fused-ring (bicyclic) bond motifs is 3. The Labute approximate surface area is 199 Å². The molecule has 6 heteroatoms. The second-order valence-electron chi connectivity index (χ2n) is 9.19. The Hall–Kier alpha value is -3.38. The summed E-state index contributed by atoms with van der Waals surface area (Å²) in [7, 11) is 0. The molecule has 0 spiro atoms. The van der Waals surface area contributed by atoms with Gasteiger partial charge < -0.3 is 19.1 Å². The third kappa shape index (κ3) is 3.72. The minimum atomic E-state index is 0.105. The van der Waals surface area contributed by atoms with Gasteiger partial charge in [0.1, 0.15) is 0 Å². The van der Waals surface area contributed by atoms with E-state index in [0.29, 0.717) is 12.5 Å². The van der Waals surface area contributed by atoms with Crippen molar-refractivity contribution in [1.29, 1.82) is 0 Å². The van der Waals surface area contributed by atoms with Crippen LogP contribution in [0.5, 0.6) is 11.5 Å². The summed E-state index contributed by atoms with van der Waals surface area (Å²) in [6.45, 7) is 5.26. The molecule has 174 valence electrons. The van der Waals surface area contributed by atoms with Crippen molar-refractivity contribution in [3.8, 4) is 11.5 Å². The average Bonchev–Trinajstić information content (AvgIpc) is 3.62. The molecule has 3 aliphatic rings. The number of nitrogens with zero attached hydrogens (tertiary/aromatic N) is 2. The van der Waals surface area contributed by atoms with E-state index in [9.17, 15) is 4.79 Å². The van der Waals surface area contributed by atoms with Crippen LogP contribution in [0.4, 0.5) is 0 Å². The lowest BCUT2D eigenvalue weighted by Crippen LogP contribution is -2.36. The summed E-state index contributed by atoms with van der Waals surface area (Å²) in [5.74, 6) is 2.06. The molecule has 1 fully saturated rings. The smallest absolute Gasteiger partial charge is 0.254 e. The molecule has 1 atom stereocenters. The van der Waals surface area contributed by atoms with Crippen LogP contribution in [0.3, 0.4) is 0 Å². The highest BCUT2D eigenvalue weighted by molar-refractivity contribution is 6.09. The van der Waals surface area contributed by atoms with Crippen molar-refractivity contribution in [2.24, 2.45) is 5.92 Å². The van der Waals surface area contributed by atoms with Crippen molar-refractivity contribution < 1.29 is 19.0 Å². The molecule has 34 heavy (non-hydrogen) atoms. The standard InChI is InChI=1S/C28H28N2O4/c1-2-30(15-19-11-12-32-16-19)28(31)26-21-5-3-4-6-23(21)29-27-20(8-9-22(26)27)13-18-7-10-24-25(14-18)34-17-33-24/h3-7,10,13-14,19H,2,8-9,11-12,15-17H2,1H3/b20-13+. The highest BCUT2D eigenvalue weighted by atomic mass is 16.7. The van der Waals surface area contributed by atoms with Crippen LogP contribution in [0.1, 0.15) is 46.9 Å². The Morgan fingerprint density at radius 3 is 2.88 bits per heavy atom. The molecule has 3 heterocycles. The van der Waals surface area contributed by atoms with Gasteiger partial charge in [-0.1, -0.05) is 24.3 Å². The fourth-order valence-electron chi connectivity index (χ4n) is 5.28. The predicted octanol–water partition coefficient (Wildman–Crippen LogP) is 4.95. The summed E-state index contributed by atoms with van der Waals surface area (Å²) in [6, 6.07) is 14.0. The summed E-state index contributed by atoms with van der Waals surface area (Å²) >= 11 is 0. The van der Waals surface area contributed by atoms with Crippen molar-refractivity contribution in [2.75, 3.05) is 33.1 Å². The first-order valence-corrected chi connectivity index (χ1v) is 12.1. The van der Waals surface area contributed by atoms with Gasteiger partial charge in [-0.2, -0.15) is 0 Å². The van der Waals surface area contributed by atoms with E-state index in [1.165, 1.54) is 0 Å². The van der Waals surface area contributed by atoms with Gasteiger partial charge in [0.15, 0.2) is 11.5 Å². The molecule has 0 N–H and O–H groups in total. The minimum Gasteiger partial charge on any atom is -0.454 e. The number of carbonyl (C=O) groups excluding carboxylic acids is 1. The van der Waals surface area contributed by atoms with Gasteiger partial charge in [0, 0.05) is 31.0 Å².